The van der Waals surface area contributed by atoms with Crippen molar-refractivity contribution in [2.45, 2.75) is 11.3 Å². The fraction of sp³-hybridized carbons (Fsp3) is 0.111. The molecule has 0 saturated carbocycles. The van der Waals surface area contributed by atoms with E-state index in [2.05, 4.69) is 4.72 Å². The Bertz CT molecular complexity index is 922. The van der Waals surface area contributed by atoms with Crippen molar-refractivity contribution in [1.82, 2.24) is 4.72 Å². The summed E-state index contributed by atoms with van der Waals surface area (Å²) in [7, 11) is -3.58. The van der Waals surface area contributed by atoms with Gasteiger partial charge in [0.15, 0.2) is 0 Å². The van der Waals surface area contributed by atoms with Gasteiger partial charge in [-0.25, -0.2) is 13.1 Å². The van der Waals surface area contributed by atoms with E-state index in [0.717, 1.165) is 10.9 Å². The van der Waals surface area contributed by atoms with Crippen LogP contribution in [0.3, 0.4) is 0 Å². The largest absolute Gasteiger partial charge is 0.398 e. The summed E-state index contributed by atoms with van der Waals surface area (Å²) in [6.07, 6.45) is 0.646. The van der Waals surface area contributed by atoms with Crippen LogP contribution in [-0.2, 0) is 16.4 Å². The first kappa shape index (κ1) is 15.5. The van der Waals surface area contributed by atoms with E-state index in [9.17, 15) is 8.42 Å². The van der Waals surface area contributed by atoms with Gasteiger partial charge in [0, 0.05) is 23.0 Å². The highest BCUT2D eigenvalue weighted by Crippen LogP contribution is 2.27. The predicted octanol–water partition coefficient (Wildman–Crippen LogP) is 2.94. The molecule has 3 rings (SSSR count). The molecule has 0 unspecified atom stereocenters. The molecule has 0 aliphatic heterocycles. The number of hydrogen-bond donors (Lipinski definition) is 2. The zero-order valence-corrected chi connectivity index (χ0v) is 13.4. The van der Waals surface area contributed by atoms with E-state index in [1.807, 2.05) is 48.5 Å². The Morgan fingerprint density at radius 1 is 0.826 bits per heavy atom. The van der Waals surface area contributed by atoms with Gasteiger partial charge in [0.25, 0.3) is 0 Å². The second-order valence-corrected chi connectivity index (χ2v) is 7.07. The van der Waals surface area contributed by atoms with Gasteiger partial charge in [0.05, 0.1) is 4.90 Å². The molecule has 0 fully saturated rings. The summed E-state index contributed by atoms with van der Waals surface area (Å²) in [6, 6.07) is 20.2. The van der Waals surface area contributed by atoms with Gasteiger partial charge in [-0.05, 0) is 24.1 Å². The number of nitrogens with two attached hydrogens (primary N) is 1. The monoisotopic (exact) mass is 326 g/mol. The quantitative estimate of drug-likeness (QED) is 0.708. The van der Waals surface area contributed by atoms with Crippen molar-refractivity contribution < 1.29 is 8.42 Å². The van der Waals surface area contributed by atoms with Crippen LogP contribution < -0.4 is 10.5 Å². The molecule has 5 heteroatoms. The number of nitrogens with one attached hydrogen (secondary N) is 1. The second kappa shape index (κ2) is 6.40. The smallest absolute Gasteiger partial charge is 0.241 e. The lowest BCUT2D eigenvalue weighted by molar-refractivity contribution is 0.582. The Labute approximate surface area is 136 Å². The molecule has 3 aromatic carbocycles. The lowest BCUT2D eigenvalue weighted by Gasteiger charge is -2.11. The lowest BCUT2D eigenvalue weighted by Crippen LogP contribution is -2.26. The van der Waals surface area contributed by atoms with Crippen LogP contribution in [0.2, 0.25) is 0 Å². The molecule has 0 saturated heterocycles. The van der Waals surface area contributed by atoms with Crippen molar-refractivity contribution in [3.63, 3.8) is 0 Å². The molecule has 4 nitrogen and oxygen atoms in total. The Kier molecular flexibility index (Phi) is 4.32. The second-order valence-electron chi connectivity index (χ2n) is 5.33. The number of benzene rings is 3. The third-order valence-electron chi connectivity index (χ3n) is 3.76. The molecule has 0 atom stereocenters. The van der Waals surface area contributed by atoms with Gasteiger partial charge in [-0.1, -0.05) is 54.6 Å². The van der Waals surface area contributed by atoms with Crippen molar-refractivity contribution in [1.29, 1.82) is 0 Å². The number of anilines is 1. The fourth-order valence-electron chi connectivity index (χ4n) is 2.58. The lowest BCUT2D eigenvalue weighted by atomic mass is 10.1. The average Bonchev–Trinajstić information content (AvgIpc) is 2.56. The highest BCUT2D eigenvalue weighted by Gasteiger charge is 2.17. The highest BCUT2D eigenvalue weighted by atomic mass is 32.2. The maximum absolute atomic E-state index is 12.6. The summed E-state index contributed by atoms with van der Waals surface area (Å²) in [6.45, 7) is 0.352. The van der Waals surface area contributed by atoms with Crippen molar-refractivity contribution in [3.05, 3.63) is 72.3 Å². The van der Waals surface area contributed by atoms with Gasteiger partial charge >= 0.3 is 0 Å². The van der Waals surface area contributed by atoms with E-state index in [-0.39, 0.29) is 4.90 Å². The topological polar surface area (TPSA) is 72.2 Å². The molecule has 23 heavy (non-hydrogen) atoms. The van der Waals surface area contributed by atoms with Crippen LogP contribution in [0.1, 0.15) is 5.56 Å². The third kappa shape index (κ3) is 3.36. The van der Waals surface area contributed by atoms with Crippen molar-refractivity contribution in [3.8, 4) is 0 Å². The molecular formula is C18H18N2O2S. The molecule has 0 aromatic heterocycles. The summed E-state index contributed by atoms with van der Waals surface area (Å²) in [4.78, 5) is 0.260. The van der Waals surface area contributed by atoms with Crippen molar-refractivity contribution >= 4 is 26.5 Å². The minimum Gasteiger partial charge on any atom is -0.398 e. The minimum absolute atomic E-state index is 0.260. The van der Waals surface area contributed by atoms with Gasteiger partial charge < -0.3 is 5.73 Å². The van der Waals surface area contributed by atoms with E-state index in [1.54, 1.807) is 18.2 Å². The number of rotatable bonds is 5. The molecule has 3 N–H and O–H groups in total. The van der Waals surface area contributed by atoms with Gasteiger partial charge in [0.2, 0.25) is 10.0 Å². The minimum atomic E-state index is -3.58. The Morgan fingerprint density at radius 3 is 2.22 bits per heavy atom. The number of sulfonamides is 1. The summed E-state index contributed by atoms with van der Waals surface area (Å²) >= 11 is 0. The highest BCUT2D eigenvalue weighted by molar-refractivity contribution is 7.89. The molecular weight excluding hydrogens is 308 g/mol. The van der Waals surface area contributed by atoms with E-state index in [4.69, 9.17) is 5.73 Å². The molecule has 3 aromatic rings. The van der Waals surface area contributed by atoms with Crippen molar-refractivity contribution in [2.75, 3.05) is 12.3 Å². The molecule has 118 valence electrons. The zero-order valence-electron chi connectivity index (χ0n) is 12.6. The van der Waals surface area contributed by atoms with Crippen LogP contribution in [0.4, 0.5) is 5.69 Å². The van der Waals surface area contributed by atoms with E-state index < -0.39 is 10.0 Å². The molecule has 0 aliphatic carbocycles. The van der Waals surface area contributed by atoms with Crippen LogP contribution in [0.15, 0.2) is 71.6 Å². The fourth-order valence-corrected chi connectivity index (χ4v) is 3.82. The predicted molar refractivity (Wildman–Crippen MR) is 93.7 cm³/mol. The Balaban J connectivity index is 1.84. The van der Waals surface area contributed by atoms with Crippen LogP contribution in [0.25, 0.3) is 10.8 Å². The molecule has 0 heterocycles. The standard InChI is InChI=1S/C18H18N2O2S/c19-17-10-11-18(16-9-5-4-8-15(16)17)23(21,22)20-13-12-14-6-2-1-3-7-14/h1-11,20H,12-13,19H2. The first-order valence-electron chi connectivity index (χ1n) is 7.39. The maximum Gasteiger partial charge on any atom is 0.241 e. The summed E-state index contributed by atoms with van der Waals surface area (Å²) < 4.78 is 27.9. The summed E-state index contributed by atoms with van der Waals surface area (Å²) in [5, 5.41) is 1.39. The average molecular weight is 326 g/mol. The van der Waals surface area contributed by atoms with Crippen molar-refractivity contribution in [2.24, 2.45) is 0 Å². The zero-order chi connectivity index (χ0) is 16.3. The number of hydrogen-bond acceptors (Lipinski definition) is 3. The first-order valence-corrected chi connectivity index (χ1v) is 8.87. The summed E-state index contributed by atoms with van der Waals surface area (Å²) in [5.41, 5.74) is 7.60. The van der Waals surface area contributed by atoms with Crippen LogP contribution in [0.5, 0.6) is 0 Å². The molecule has 0 amide bonds. The van der Waals surface area contributed by atoms with Crippen LogP contribution in [0, 0.1) is 0 Å². The maximum atomic E-state index is 12.6. The molecule has 0 bridgehead atoms. The van der Waals surface area contributed by atoms with Gasteiger partial charge in [-0.15, -0.1) is 0 Å². The first-order chi connectivity index (χ1) is 11.1. The number of fused-ring (bicyclic) bond motifs is 1. The van der Waals surface area contributed by atoms with Gasteiger partial charge in [-0.3, -0.25) is 0 Å². The van der Waals surface area contributed by atoms with Gasteiger partial charge in [0.1, 0.15) is 0 Å². The van der Waals surface area contributed by atoms with Crippen LogP contribution >= 0.6 is 0 Å². The Morgan fingerprint density at radius 2 is 1.48 bits per heavy atom. The SMILES string of the molecule is Nc1ccc(S(=O)(=O)NCCc2ccccc2)c2ccccc12. The summed E-state index contributed by atoms with van der Waals surface area (Å²) in [5.74, 6) is 0. The molecule has 0 radical (unpaired) electrons. The van der Waals surface area contributed by atoms with E-state index in [1.165, 1.54) is 0 Å². The van der Waals surface area contributed by atoms with E-state index >= 15 is 0 Å². The van der Waals surface area contributed by atoms with E-state index in [0.29, 0.717) is 24.0 Å². The van der Waals surface area contributed by atoms with Gasteiger partial charge in [-0.2, -0.15) is 0 Å². The Hall–Kier alpha value is -2.37. The molecule has 0 aliphatic rings. The number of nitrogen functional groups attached to an aromatic ring is 1. The molecule has 0 spiro atoms. The normalized spacial score (nSPS) is 11.7. The van der Waals surface area contributed by atoms with Crippen LogP contribution in [-0.4, -0.2) is 15.0 Å². The third-order valence-corrected chi connectivity index (χ3v) is 5.28.